The summed E-state index contributed by atoms with van der Waals surface area (Å²) in [6, 6.07) is 0.533. The Balaban J connectivity index is 1.77. The van der Waals surface area contributed by atoms with Gasteiger partial charge in [0.15, 0.2) is 0 Å². The largest absolute Gasteiger partial charge is 0.445 e. The molecule has 1 aromatic rings. The van der Waals surface area contributed by atoms with Crippen LogP contribution >= 0.6 is 0 Å². The molecule has 1 saturated heterocycles. The average molecular weight is 224 g/mol. The van der Waals surface area contributed by atoms with E-state index in [1.807, 2.05) is 6.92 Å². The van der Waals surface area contributed by atoms with E-state index in [4.69, 9.17) is 9.15 Å². The minimum atomic E-state index is 0.414. The van der Waals surface area contributed by atoms with Gasteiger partial charge in [-0.25, -0.2) is 4.98 Å². The number of nitrogens with one attached hydrogen (secondary N) is 1. The van der Waals surface area contributed by atoms with Crippen molar-refractivity contribution in [1.29, 1.82) is 0 Å². The summed E-state index contributed by atoms with van der Waals surface area (Å²) in [6.45, 7) is 5.66. The Morgan fingerprint density at radius 3 is 3.12 bits per heavy atom. The van der Waals surface area contributed by atoms with Crippen molar-refractivity contribution in [2.75, 3.05) is 6.61 Å². The normalized spacial score (nSPS) is 25.9. The van der Waals surface area contributed by atoms with Crippen LogP contribution in [0.2, 0.25) is 0 Å². The molecule has 0 bridgehead atoms. The molecule has 0 radical (unpaired) electrons. The molecule has 2 atom stereocenters. The lowest BCUT2D eigenvalue weighted by Crippen LogP contribution is -2.38. The third-order valence-corrected chi connectivity index (χ3v) is 3.03. The second kappa shape index (κ2) is 5.46. The number of aromatic nitrogens is 1. The third-order valence-electron chi connectivity index (χ3n) is 3.03. The van der Waals surface area contributed by atoms with Crippen LogP contribution in [0.4, 0.5) is 0 Å². The standard InChI is InChI=1S/C12H20N2O2/c1-3-11-6-10(4-5-15-11)13-8-12-14-7-9(2)16-12/h7,10-11,13H,3-6,8H2,1-2H3. The van der Waals surface area contributed by atoms with Gasteiger partial charge in [-0.3, -0.25) is 0 Å². The van der Waals surface area contributed by atoms with E-state index >= 15 is 0 Å². The molecule has 16 heavy (non-hydrogen) atoms. The number of hydrogen-bond acceptors (Lipinski definition) is 4. The van der Waals surface area contributed by atoms with Crippen LogP contribution in [0.1, 0.15) is 37.8 Å². The van der Waals surface area contributed by atoms with Gasteiger partial charge in [0.05, 0.1) is 18.8 Å². The van der Waals surface area contributed by atoms with E-state index in [1.165, 1.54) is 0 Å². The van der Waals surface area contributed by atoms with Crippen molar-refractivity contribution in [3.8, 4) is 0 Å². The molecule has 2 unspecified atom stereocenters. The van der Waals surface area contributed by atoms with Crippen LogP contribution in [0, 0.1) is 6.92 Å². The van der Waals surface area contributed by atoms with E-state index in [-0.39, 0.29) is 0 Å². The molecular formula is C12H20N2O2. The molecule has 1 aliphatic heterocycles. The first kappa shape index (κ1) is 11.6. The average Bonchev–Trinajstić information content (AvgIpc) is 2.73. The van der Waals surface area contributed by atoms with E-state index in [9.17, 15) is 0 Å². The second-order valence-electron chi connectivity index (χ2n) is 4.37. The highest BCUT2D eigenvalue weighted by Gasteiger charge is 2.21. The molecule has 0 spiro atoms. The van der Waals surface area contributed by atoms with Gasteiger partial charge in [0.2, 0.25) is 5.89 Å². The number of ether oxygens (including phenoxy) is 1. The molecule has 1 aromatic heterocycles. The highest BCUT2D eigenvalue weighted by Crippen LogP contribution is 2.16. The summed E-state index contributed by atoms with van der Waals surface area (Å²) in [7, 11) is 0. The minimum Gasteiger partial charge on any atom is -0.445 e. The van der Waals surface area contributed by atoms with Gasteiger partial charge in [0.25, 0.3) is 0 Å². The van der Waals surface area contributed by atoms with Crippen molar-refractivity contribution in [3.05, 3.63) is 17.8 Å². The molecule has 2 rings (SSSR count). The van der Waals surface area contributed by atoms with Crippen molar-refractivity contribution in [2.24, 2.45) is 0 Å². The predicted molar refractivity (Wildman–Crippen MR) is 61.1 cm³/mol. The smallest absolute Gasteiger partial charge is 0.208 e. The van der Waals surface area contributed by atoms with Crippen LogP contribution in [0.25, 0.3) is 0 Å². The summed E-state index contributed by atoms with van der Waals surface area (Å²) in [5.74, 6) is 1.65. The molecule has 0 amide bonds. The molecule has 90 valence electrons. The van der Waals surface area contributed by atoms with Crippen molar-refractivity contribution >= 4 is 0 Å². The number of aryl methyl sites for hydroxylation is 1. The zero-order valence-electron chi connectivity index (χ0n) is 10.0. The van der Waals surface area contributed by atoms with Crippen LogP contribution in [-0.4, -0.2) is 23.7 Å². The van der Waals surface area contributed by atoms with Crippen molar-refractivity contribution in [2.45, 2.75) is 51.8 Å². The zero-order valence-corrected chi connectivity index (χ0v) is 10.0. The Morgan fingerprint density at radius 2 is 2.44 bits per heavy atom. The molecule has 4 nitrogen and oxygen atoms in total. The Kier molecular flexibility index (Phi) is 3.96. The van der Waals surface area contributed by atoms with Gasteiger partial charge < -0.3 is 14.5 Å². The first-order valence-electron chi connectivity index (χ1n) is 6.04. The molecule has 1 fully saturated rings. The van der Waals surface area contributed by atoms with E-state index in [2.05, 4.69) is 17.2 Å². The second-order valence-corrected chi connectivity index (χ2v) is 4.37. The molecule has 0 aromatic carbocycles. The van der Waals surface area contributed by atoms with Crippen LogP contribution in [-0.2, 0) is 11.3 Å². The van der Waals surface area contributed by atoms with Crippen LogP contribution in [0.3, 0.4) is 0 Å². The van der Waals surface area contributed by atoms with Gasteiger partial charge in [-0.05, 0) is 26.2 Å². The molecule has 4 heteroatoms. The van der Waals surface area contributed by atoms with Gasteiger partial charge in [-0.1, -0.05) is 6.92 Å². The van der Waals surface area contributed by atoms with Crippen molar-refractivity contribution in [3.63, 3.8) is 0 Å². The minimum absolute atomic E-state index is 0.414. The summed E-state index contributed by atoms with van der Waals surface area (Å²) < 4.78 is 11.1. The predicted octanol–water partition coefficient (Wildman–Crippen LogP) is 2.03. The van der Waals surface area contributed by atoms with Gasteiger partial charge in [-0.2, -0.15) is 0 Å². The van der Waals surface area contributed by atoms with Gasteiger partial charge in [0, 0.05) is 12.6 Å². The Labute approximate surface area is 96.4 Å². The maximum atomic E-state index is 5.63. The van der Waals surface area contributed by atoms with Crippen molar-refractivity contribution in [1.82, 2.24) is 10.3 Å². The number of hydrogen-bond donors (Lipinski definition) is 1. The first-order valence-corrected chi connectivity index (χ1v) is 6.04. The third kappa shape index (κ3) is 3.06. The summed E-state index contributed by atoms with van der Waals surface area (Å²) in [5.41, 5.74) is 0. The maximum Gasteiger partial charge on any atom is 0.208 e. The van der Waals surface area contributed by atoms with E-state index < -0.39 is 0 Å². The topological polar surface area (TPSA) is 47.3 Å². The van der Waals surface area contributed by atoms with Gasteiger partial charge >= 0.3 is 0 Å². The fourth-order valence-corrected chi connectivity index (χ4v) is 2.06. The van der Waals surface area contributed by atoms with E-state index in [0.29, 0.717) is 12.1 Å². The fourth-order valence-electron chi connectivity index (χ4n) is 2.06. The van der Waals surface area contributed by atoms with Crippen LogP contribution in [0.15, 0.2) is 10.6 Å². The van der Waals surface area contributed by atoms with Gasteiger partial charge in [0.1, 0.15) is 5.76 Å². The first-order chi connectivity index (χ1) is 7.78. The molecule has 1 N–H and O–H groups in total. The van der Waals surface area contributed by atoms with Crippen LogP contribution < -0.4 is 5.32 Å². The highest BCUT2D eigenvalue weighted by molar-refractivity contribution is 4.91. The quantitative estimate of drug-likeness (QED) is 0.850. The number of nitrogens with zero attached hydrogens (tertiary/aromatic N) is 1. The molecule has 0 saturated carbocycles. The summed E-state index contributed by atoms with van der Waals surface area (Å²) in [4.78, 5) is 4.18. The summed E-state index contributed by atoms with van der Waals surface area (Å²) in [5, 5.41) is 3.48. The molecule has 0 aliphatic carbocycles. The van der Waals surface area contributed by atoms with E-state index in [0.717, 1.165) is 44.1 Å². The Hall–Kier alpha value is -0.870. The van der Waals surface area contributed by atoms with E-state index in [1.54, 1.807) is 6.20 Å². The summed E-state index contributed by atoms with van der Waals surface area (Å²) >= 11 is 0. The molecular weight excluding hydrogens is 204 g/mol. The summed E-state index contributed by atoms with van der Waals surface area (Å²) in [6.07, 6.45) is 5.44. The Bertz CT molecular complexity index is 325. The maximum absolute atomic E-state index is 5.63. The lowest BCUT2D eigenvalue weighted by atomic mass is 10.0. The van der Waals surface area contributed by atoms with Crippen molar-refractivity contribution < 1.29 is 9.15 Å². The molecule has 2 heterocycles. The SMILES string of the molecule is CCC1CC(NCc2ncc(C)o2)CCO1. The Morgan fingerprint density at radius 1 is 1.56 bits per heavy atom. The van der Waals surface area contributed by atoms with Gasteiger partial charge in [-0.15, -0.1) is 0 Å². The number of rotatable bonds is 4. The van der Waals surface area contributed by atoms with Crippen LogP contribution in [0.5, 0.6) is 0 Å². The molecule has 1 aliphatic rings. The highest BCUT2D eigenvalue weighted by atomic mass is 16.5. The lowest BCUT2D eigenvalue weighted by molar-refractivity contribution is -0.000659. The monoisotopic (exact) mass is 224 g/mol. The lowest BCUT2D eigenvalue weighted by Gasteiger charge is -2.29. The zero-order chi connectivity index (χ0) is 11.4. The fraction of sp³-hybridized carbons (Fsp3) is 0.750. The number of oxazole rings is 1.